The zero-order valence-corrected chi connectivity index (χ0v) is 12.7. The number of carbonyl (C=O) groups is 1. The van der Waals surface area contributed by atoms with E-state index >= 15 is 0 Å². The van der Waals surface area contributed by atoms with Gasteiger partial charge in [0.1, 0.15) is 11.5 Å². The van der Waals surface area contributed by atoms with Gasteiger partial charge in [0.25, 0.3) is 0 Å². The number of carbonyl (C=O) groups excluding carboxylic acids is 1. The number of methoxy groups -OCH3 is 1. The van der Waals surface area contributed by atoms with E-state index in [0.29, 0.717) is 17.7 Å². The first-order valence-electron chi connectivity index (χ1n) is 7.59. The number of rotatable bonds is 10. The molecule has 0 unspecified atom stereocenters. The Labute approximate surface area is 122 Å². The van der Waals surface area contributed by atoms with Gasteiger partial charge < -0.3 is 9.84 Å². The van der Waals surface area contributed by atoms with Gasteiger partial charge >= 0.3 is 0 Å². The van der Waals surface area contributed by atoms with E-state index in [9.17, 15) is 9.90 Å². The molecule has 0 amide bonds. The van der Waals surface area contributed by atoms with Gasteiger partial charge in [-0.05, 0) is 24.6 Å². The molecule has 0 atom stereocenters. The number of unbranched alkanes of at least 4 members (excludes halogenated alkanes) is 6. The number of phenolic OH excluding ortho intramolecular Hbond substituents is 1. The Hall–Kier alpha value is -1.51. The van der Waals surface area contributed by atoms with Crippen molar-refractivity contribution >= 4 is 5.78 Å². The van der Waals surface area contributed by atoms with Gasteiger partial charge in [-0.2, -0.15) is 0 Å². The highest BCUT2D eigenvalue weighted by molar-refractivity contribution is 5.98. The molecule has 0 saturated carbocycles. The molecule has 0 saturated heterocycles. The van der Waals surface area contributed by atoms with Gasteiger partial charge in [-0.1, -0.05) is 45.4 Å². The Kier molecular flexibility index (Phi) is 7.78. The van der Waals surface area contributed by atoms with Crippen molar-refractivity contribution in [3.63, 3.8) is 0 Å². The van der Waals surface area contributed by atoms with Gasteiger partial charge in [0, 0.05) is 6.42 Å². The fraction of sp³-hybridized carbons (Fsp3) is 0.588. The molecule has 0 fully saturated rings. The third kappa shape index (κ3) is 5.64. The molecule has 0 radical (unpaired) electrons. The minimum absolute atomic E-state index is 0.00467. The molecule has 1 N–H and O–H groups in total. The van der Waals surface area contributed by atoms with E-state index in [1.54, 1.807) is 19.2 Å². The van der Waals surface area contributed by atoms with Gasteiger partial charge in [-0.3, -0.25) is 4.79 Å². The van der Waals surface area contributed by atoms with Crippen molar-refractivity contribution in [3.05, 3.63) is 23.8 Å². The summed E-state index contributed by atoms with van der Waals surface area (Å²) < 4.78 is 5.08. The van der Waals surface area contributed by atoms with Gasteiger partial charge in [0.15, 0.2) is 5.78 Å². The Morgan fingerprint density at radius 1 is 1.10 bits per heavy atom. The molecule has 0 spiro atoms. The Balaban J connectivity index is 2.32. The van der Waals surface area contributed by atoms with Crippen LogP contribution in [-0.2, 0) is 0 Å². The lowest BCUT2D eigenvalue weighted by Crippen LogP contribution is -2.00. The third-order valence-corrected chi connectivity index (χ3v) is 3.51. The van der Waals surface area contributed by atoms with E-state index in [-0.39, 0.29) is 11.5 Å². The molecule has 0 aromatic heterocycles. The van der Waals surface area contributed by atoms with Crippen molar-refractivity contribution < 1.29 is 14.6 Å². The maximum Gasteiger partial charge on any atom is 0.166 e. The van der Waals surface area contributed by atoms with E-state index in [2.05, 4.69) is 6.92 Å². The summed E-state index contributed by atoms with van der Waals surface area (Å²) in [5.41, 5.74) is 0.371. The first-order chi connectivity index (χ1) is 9.69. The topological polar surface area (TPSA) is 46.5 Å². The van der Waals surface area contributed by atoms with Crippen LogP contribution in [-0.4, -0.2) is 18.0 Å². The smallest absolute Gasteiger partial charge is 0.166 e. The normalized spacial score (nSPS) is 10.5. The fourth-order valence-corrected chi connectivity index (χ4v) is 2.24. The average Bonchev–Trinajstić information content (AvgIpc) is 2.46. The quantitative estimate of drug-likeness (QED) is 0.497. The van der Waals surface area contributed by atoms with E-state index < -0.39 is 0 Å². The van der Waals surface area contributed by atoms with Gasteiger partial charge in [-0.25, -0.2) is 0 Å². The van der Waals surface area contributed by atoms with E-state index in [0.717, 1.165) is 12.8 Å². The van der Waals surface area contributed by atoms with E-state index in [4.69, 9.17) is 4.74 Å². The van der Waals surface area contributed by atoms with E-state index in [1.165, 1.54) is 38.2 Å². The Bertz CT molecular complexity index is 413. The Morgan fingerprint density at radius 3 is 2.40 bits per heavy atom. The van der Waals surface area contributed by atoms with Crippen LogP contribution in [0.15, 0.2) is 18.2 Å². The second kappa shape index (κ2) is 9.40. The summed E-state index contributed by atoms with van der Waals surface area (Å²) in [6.45, 7) is 2.21. The van der Waals surface area contributed by atoms with Crippen LogP contribution in [0.2, 0.25) is 0 Å². The lowest BCUT2D eigenvalue weighted by Gasteiger charge is -2.06. The molecule has 112 valence electrons. The first-order valence-corrected chi connectivity index (χ1v) is 7.59. The number of ether oxygens (including phenoxy) is 1. The SMILES string of the molecule is CCCCCCCCCC(=O)c1cc(OC)ccc1O. The largest absolute Gasteiger partial charge is 0.507 e. The summed E-state index contributed by atoms with van der Waals surface area (Å²) in [5.74, 6) is 0.638. The minimum atomic E-state index is -0.00467. The van der Waals surface area contributed by atoms with Crippen molar-refractivity contribution in [3.8, 4) is 11.5 Å². The van der Waals surface area contributed by atoms with Crippen LogP contribution in [0.1, 0.15) is 68.6 Å². The van der Waals surface area contributed by atoms with Crippen LogP contribution in [0, 0.1) is 0 Å². The molecule has 0 aliphatic carbocycles. The molecule has 0 aliphatic rings. The number of hydrogen-bond donors (Lipinski definition) is 1. The highest BCUT2D eigenvalue weighted by Crippen LogP contribution is 2.24. The molecule has 3 heteroatoms. The highest BCUT2D eigenvalue weighted by atomic mass is 16.5. The number of phenols is 1. The summed E-state index contributed by atoms with van der Waals surface area (Å²) in [5, 5.41) is 9.72. The zero-order chi connectivity index (χ0) is 14.8. The summed E-state index contributed by atoms with van der Waals surface area (Å²) in [4.78, 5) is 12.1. The number of aromatic hydroxyl groups is 1. The van der Waals surface area contributed by atoms with Gasteiger partial charge in [0.05, 0.1) is 12.7 Å². The Morgan fingerprint density at radius 2 is 1.75 bits per heavy atom. The van der Waals surface area contributed by atoms with Crippen molar-refractivity contribution in [1.29, 1.82) is 0 Å². The third-order valence-electron chi connectivity index (χ3n) is 3.51. The first kappa shape index (κ1) is 16.5. The minimum Gasteiger partial charge on any atom is -0.507 e. The van der Waals surface area contributed by atoms with Gasteiger partial charge in [0.2, 0.25) is 0 Å². The second-order valence-corrected chi connectivity index (χ2v) is 5.18. The molecule has 20 heavy (non-hydrogen) atoms. The number of hydrogen-bond acceptors (Lipinski definition) is 3. The monoisotopic (exact) mass is 278 g/mol. The predicted octanol–water partition coefficient (Wildman–Crippen LogP) is 4.72. The van der Waals surface area contributed by atoms with Crippen LogP contribution < -0.4 is 4.74 Å². The molecular formula is C17H26O3. The molecule has 3 nitrogen and oxygen atoms in total. The maximum atomic E-state index is 12.1. The lowest BCUT2D eigenvalue weighted by atomic mass is 10.0. The van der Waals surface area contributed by atoms with Crippen molar-refractivity contribution in [1.82, 2.24) is 0 Å². The van der Waals surface area contributed by atoms with Crippen molar-refractivity contribution in [2.45, 2.75) is 58.3 Å². The average molecular weight is 278 g/mol. The van der Waals surface area contributed by atoms with Crippen molar-refractivity contribution in [2.75, 3.05) is 7.11 Å². The molecular weight excluding hydrogens is 252 g/mol. The summed E-state index contributed by atoms with van der Waals surface area (Å²) in [6, 6.07) is 4.77. The van der Waals surface area contributed by atoms with Crippen LogP contribution in [0.4, 0.5) is 0 Å². The molecule has 1 rings (SSSR count). The molecule has 1 aromatic rings. The number of benzene rings is 1. The van der Waals surface area contributed by atoms with Crippen LogP contribution >= 0.6 is 0 Å². The van der Waals surface area contributed by atoms with Crippen LogP contribution in [0.5, 0.6) is 11.5 Å². The van der Waals surface area contributed by atoms with Crippen LogP contribution in [0.3, 0.4) is 0 Å². The van der Waals surface area contributed by atoms with Crippen molar-refractivity contribution in [2.24, 2.45) is 0 Å². The molecule has 1 aromatic carbocycles. The zero-order valence-electron chi connectivity index (χ0n) is 12.7. The lowest BCUT2D eigenvalue weighted by molar-refractivity contribution is 0.0976. The van der Waals surface area contributed by atoms with Gasteiger partial charge in [-0.15, -0.1) is 0 Å². The fourth-order valence-electron chi connectivity index (χ4n) is 2.24. The molecule has 0 heterocycles. The molecule has 0 aliphatic heterocycles. The summed E-state index contributed by atoms with van der Waals surface area (Å²) >= 11 is 0. The predicted molar refractivity (Wildman–Crippen MR) is 81.6 cm³/mol. The second-order valence-electron chi connectivity index (χ2n) is 5.18. The summed E-state index contributed by atoms with van der Waals surface area (Å²) in [6.07, 6.45) is 8.77. The number of ketones is 1. The number of Topliss-reactive ketones (excluding diaryl/α,β-unsaturated/α-hetero) is 1. The highest BCUT2D eigenvalue weighted by Gasteiger charge is 2.11. The van der Waals surface area contributed by atoms with E-state index in [1.807, 2.05) is 0 Å². The molecule has 0 bridgehead atoms. The maximum absolute atomic E-state index is 12.1. The summed E-state index contributed by atoms with van der Waals surface area (Å²) in [7, 11) is 1.55. The standard InChI is InChI=1S/C17H26O3/c1-3-4-5-6-7-8-9-10-16(18)15-13-14(20-2)11-12-17(15)19/h11-13,19H,3-10H2,1-2H3. The van der Waals surface area contributed by atoms with Crippen LogP contribution in [0.25, 0.3) is 0 Å².